The van der Waals surface area contributed by atoms with Gasteiger partial charge in [0.1, 0.15) is 5.75 Å². The van der Waals surface area contributed by atoms with Gasteiger partial charge >= 0.3 is 6.18 Å². The molecule has 0 atom stereocenters. The summed E-state index contributed by atoms with van der Waals surface area (Å²) in [6.45, 7) is 0.0563. The summed E-state index contributed by atoms with van der Waals surface area (Å²) in [4.78, 5) is 27.4. The molecule has 0 saturated carbocycles. The maximum atomic E-state index is 12.6. The number of rotatable bonds is 4. The third-order valence-electron chi connectivity index (χ3n) is 3.37. The maximum Gasteiger partial charge on any atom is 0.416 e. The zero-order valence-electron chi connectivity index (χ0n) is 12.6. The van der Waals surface area contributed by atoms with E-state index in [0.29, 0.717) is 6.07 Å². The number of carbonyl (C=O) groups is 1. The number of aryl methyl sites for hydroxylation is 1. The second kappa shape index (κ2) is 6.73. The number of halogens is 3. The molecule has 0 unspecified atom stereocenters. The standard InChI is InChI=1S/C15H14F3N3O3/c1-19-13(23)4-5-21-8-20-7-11(14(21)24)10-3-2-9(6-12(10)22)15(16,17)18/h2-3,6-8,22H,4-5H2,1H3,(H,19,23). The van der Waals surface area contributed by atoms with Crippen LogP contribution < -0.4 is 10.9 Å². The van der Waals surface area contributed by atoms with Crippen molar-refractivity contribution in [3.63, 3.8) is 0 Å². The fourth-order valence-electron chi connectivity index (χ4n) is 2.08. The van der Waals surface area contributed by atoms with Crippen LogP contribution in [0.5, 0.6) is 5.75 Å². The molecule has 0 bridgehead atoms. The number of phenolic OH excluding ortho intramolecular Hbond substituents is 1. The number of nitrogens with zero attached hydrogens (tertiary/aromatic N) is 2. The van der Waals surface area contributed by atoms with Crippen molar-refractivity contribution in [1.29, 1.82) is 0 Å². The highest BCUT2D eigenvalue weighted by Crippen LogP contribution is 2.35. The normalized spacial score (nSPS) is 11.3. The molecule has 1 aromatic heterocycles. The highest BCUT2D eigenvalue weighted by atomic mass is 19.4. The largest absolute Gasteiger partial charge is 0.507 e. The van der Waals surface area contributed by atoms with E-state index >= 15 is 0 Å². The van der Waals surface area contributed by atoms with Crippen molar-refractivity contribution in [2.75, 3.05) is 7.05 Å². The first-order valence-electron chi connectivity index (χ1n) is 6.89. The molecule has 2 rings (SSSR count). The summed E-state index contributed by atoms with van der Waals surface area (Å²) in [6.07, 6.45) is -2.18. The van der Waals surface area contributed by atoms with Gasteiger partial charge in [-0.15, -0.1) is 0 Å². The van der Waals surface area contributed by atoms with E-state index in [1.54, 1.807) is 0 Å². The van der Waals surface area contributed by atoms with Crippen molar-refractivity contribution >= 4 is 5.91 Å². The predicted octanol–water partition coefficient (Wildman–Crippen LogP) is 1.77. The lowest BCUT2D eigenvalue weighted by Gasteiger charge is -2.11. The first kappa shape index (κ1) is 17.5. The van der Waals surface area contributed by atoms with Gasteiger partial charge in [-0.05, 0) is 18.2 Å². The van der Waals surface area contributed by atoms with E-state index in [9.17, 15) is 27.9 Å². The molecule has 1 aromatic carbocycles. The minimum atomic E-state index is -4.60. The Hall–Kier alpha value is -2.84. The third-order valence-corrected chi connectivity index (χ3v) is 3.37. The van der Waals surface area contributed by atoms with Crippen LogP contribution in [0.15, 0.2) is 35.5 Å². The number of hydrogen-bond acceptors (Lipinski definition) is 4. The van der Waals surface area contributed by atoms with E-state index in [1.165, 1.54) is 13.4 Å². The zero-order chi connectivity index (χ0) is 17.9. The Bertz CT molecular complexity index is 816. The van der Waals surface area contributed by atoms with E-state index in [-0.39, 0.29) is 30.0 Å². The van der Waals surface area contributed by atoms with Crippen molar-refractivity contribution in [3.05, 3.63) is 46.6 Å². The topological polar surface area (TPSA) is 84.2 Å². The van der Waals surface area contributed by atoms with Gasteiger partial charge in [0.2, 0.25) is 5.91 Å². The summed E-state index contributed by atoms with van der Waals surface area (Å²) in [7, 11) is 1.46. The lowest BCUT2D eigenvalue weighted by Crippen LogP contribution is -2.26. The highest BCUT2D eigenvalue weighted by molar-refractivity contribution is 5.75. The van der Waals surface area contributed by atoms with E-state index < -0.39 is 23.0 Å². The average Bonchev–Trinajstić information content (AvgIpc) is 2.53. The molecule has 0 fully saturated rings. The molecule has 0 radical (unpaired) electrons. The van der Waals surface area contributed by atoms with E-state index in [4.69, 9.17) is 0 Å². The maximum absolute atomic E-state index is 12.6. The van der Waals surface area contributed by atoms with Crippen LogP contribution in [0.2, 0.25) is 0 Å². The monoisotopic (exact) mass is 341 g/mol. The molecule has 0 aliphatic rings. The van der Waals surface area contributed by atoms with Crippen LogP contribution in [-0.4, -0.2) is 27.6 Å². The molecule has 0 aliphatic carbocycles. The number of carbonyl (C=O) groups excluding carboxylic acids is 1. The second-order valence-electron chi connectivity index (χ2n) is 4.96. The van der Waals surface area contributed by atoms with Crippen molar-refractivity contribution in [2.24, 2.45) is 0 Å². The van der Waals surface area contributed by atoms with Crippen LogP contribution in [0.1, 0.15) is 12.0 Å². The number of amides is 1. The van der Waals surface area contributed by atoms with Crippen LogP contribution in [0.25, 0.3) is 11.1 Å². The number of aromatic nitrogens is 2. The number of phenols is 1. The minimum Gasteiger partial charge on any atom is -0.507 e. The van der Waals surface area contributed by atoms with Crippen LogP contribution in [0.4, 0.5) is 13.2 Å². The van der Waals surface area contributed by atoms with Crippen molar-refractivity contribution in [2.45, 2.75) is 19.1 Å². The van der Waals surface area contributed by atoms with Gasteiger partial charge in [0.15, 0.2) is 0 Å². The summed E-state index contributed by atoms with van der Waals surface area (Å²) >= 11 is 0. The van der Waals surface area contributed by atoms with Gasteiger partial charge in [-0.3, -0.25) is 14.2 Å². The van der Waals surface area contributed by atoms with Gasteiger partial charge in [-0.2, -0.15) is 13.2 Å². The fourth-order valence-corrected chi connectivity index (χ4v) is 2.08. The lowest BCUT2D eigenvalue weighted by molar-refractivity contribution is -0.137. The molecule has 0 aliphatic heterocycles. The van der Waals surface area contributed by atoms with Gasteiger partial charge in [0, 0.05) is 31.8 Å². The summed E-state index contributed by atoms with van der Waals surface area (Å²) < 4.78 is 39.0. The van der Waals surface area contributed by atoms with E-state index in [0.717, 1.165) is 22.9 Å². The van der Waals surface area contributed by atoms with Crippen LogP contribution in [0.3, 0.4) is 0 Å². The van der Waals surface area contributed by atoms with Crippen molar-refractivity contribution in [3.8, 4) is 16.9 Å². The predicted molar refractivity (Wildman–Crippen MR) is 79.3 cm³/mol. The van der Waals surface area contributed by atoms with Gasteiger partial charge in [0.25, 0.3) is 5.56 Å². The molecular weight excluding hydrogens is 327 g/mol. The first-order valence-corrected chi connectivity index (χ1v) is 6.89. The van der Waals surface area contributed by atoms with Gasteiger partial charge < -0.3 is 10.4 Å². The number of nitrogens with one attached hydrogen (secondary N) is 1. The number of aromatic hydroxyl groups is 1. The molecule has 0 spiro atoms. The smallest absolute Gasteiger partial charge is 0.416 e. The van der Waals surface area contributed by atoms with Crippen molar-refractivity contribution in [1.82, 2.24) is 14.9 Å². The Balaban J connectivity index is 2.40. The molecule has 0 saturated heterocycles. The van der Waals surface area contributed by atoms with Crippen LogP contribution in [-0.2, 0) is 17.5 Å². The molecule has 2 N–H and O–H groups in total. The van der Waals surface area contributed by atoms with Gasteiger partial charge in [-0.1, -0.05) is 0 Å². The summed E-state index contributed by atoms with van der Waals surface area (Å²) in [5.74, 6) is -0.947. The quantitative estimate of drug-likeness (QED) is 0.888. The Kier molecular flexibility index (Phi) is 4.91. The first-order chi connectivity index (χ1) is 11.2. The fraction of sp³-hybridized carbons (Fsp3) is 0.267. The molecule has 128 valence electrons. The number of benzene rings is 1. The molecule has 1 amide bonds. The van der Waals surface area contributed by atoms with Gasteiger partial charge in [0.05, 0.1) is 17.5 Å². The molecule has 24 heavy (non-hydrogen) atoms. The minimum absolute atomic E-state index is 0.0422. The number of alkyl halides is 3. The van der Waals surface area contributed by atoms with Crippen molar-refractivity contribution < 1.29 is 23.1 Å². The molecule has 6 nitrogen and oxygen atoms in total. The Morgan fingerprint density at radius 1 is 1.33 bits per heavy atom. The lowest BCUT2D eigenvalue weighted by atomic mass is 10.0. The number of hydrogen-bond donors (Lipinski definition) is 2. The Morgan fingerprint density at radius 3 is 2.62 bits per heavy atom. The van der Waals surface area contributed by atoms with Crippen LogP contribution in [0, 0.1) is 0 Å². The van der Waals surface area contributed by atoms with Gasteiger partial charge in [-0.25, -0.2) is 4.98 Å². The molecule has 9 heteroatoms. The van der Waals surface area contributed by atoms with Crippen LogP contribution >= 0.6 is 0 Å². The molecule has 2 aromatic rings. The molecule has 1 heterocycles. The Morgan fingerprint density at radius 2 is 2.04 bits per heavy atom. The summed E-state index contributed by atoms with van der Waals surface area (Å²) in [6, 6.07) is 2.34. The SMILES string of the molecule is CNC(=O)CCn1cncc(-c2ccc(C(F)(F)F)cc2O)c1=O. The average molecular weight is 341 g/mol. The highest BCUT2D eigenvalue weighted by Gasteiger charge is 2.31. The van der Waals surface area contributed by atoms with E-state index in [2.05, 4.69) is 10.3 Å². The second-order valence-corrected chi connectivity index (χ2v) is 4.96. The zero-order valence-corrected chi connectivity index (χ0v) is 12.6. The third kappa shape index (κ3) is 3.73. The summed E-state index contributed by atoms with van der Waals surface area (Å²) in [5.41, 5.74) is -1.70. The summed E-state index contributed by atoms with van der Waals surface area (Å²) in [5, 5.41) is 12.2. The molecular formula is C15H14F3N3O3. The Labute approximate surface area is 134 Å². The van der Waals surface area contributed by atoms with E-state index in [1.807, 2.05) is 0 Å².